The summed E-state index contributed by atoms with van der Waals surface area (Å²) in [6.07, 6.45) is -2.21. The van der Waals surface area contributed by atoms with Gasteiger partial charge in [0.25, 0.3) is 0 Å². The van der Waals surface area contributed by atoms with Gasteiger partial charge in [0.05, 0.1) is 20.3 Å². The largest absolute Gasteiger partial charge is 0.493 e. The number of aliphatic hydroxyl groups is 1. The van der Waals surface area contributed by atoms with Gasteiger partial charge in [0.1, 0.15) is 0 Å². The van der Waals surface area contributed by atoms with E-state index in [2.05, 4.69) is 4.74 Å². The van der Waals surface area contributed by atoms with Crippen LogP contribution in [-0.4, -0.2) is 31.2 Å². The maximum Gasteiger partial charge on any atom is 0.381 e. The number of alkyl halides is 1. The Morgan fingerprint density at radius 3 is 2.72 bits per heavy atom. The standard InChI is InChI=1S/C12H15FO5/c1-3-17-12(15)11(13)18-9-5-4-8(7-14)6-10(9)16-2/h4-6,11,14H,3,7H2,1-2H3. The molecule has 0 aliphatic heterocycles. The van der Waals surface area contributed by atoms with Crippen molar-refractivity contribution in [1.29, 1.82) is 0 Å². The zero-order chi connectivity index (χ0) is 13.5. The smallest absolute Gasteiger partial charge is 0.381 e. The van der Waals surface area contributed by atoms with E-state index in [1.165, 1.54) is 25.3 Å². The Hall–Kier alpha value is -1.82. The highest BCUT2D eigenvalue weighted by molar-refractivity contribution is 5.73. The fraction of sp³-hybridized carbons (Fsp3) is 0.417. The van der Waals surface area contributed by atoms with Crippen LogP contribution < -0.4 is 9.47 Å². The topological polar surface area (TPSA) is 65.0 Å². The number of benzene rings is 1. The zero-order valence-electron chi connectivity index (χ0n) is 10.2. The van der Waals surface area contributed by atoms with Gasteiger partial charge in [-0.2, -0.15) is 4.39 Å². The number of carbonyl (C=O) groups excluding carboxylic acids is 1. The third kappa shape index (κ3) is 3.59. The fourth-order valence-corrected chi connectivity index (χ4v) is 1.28. The van der Waals surface area contributed by atoms with Gasteiger partial charge in [0.2, 0.25) is 0 Å². The number of carbonyl (C=O) groups is 1. The number of aliphatic hydroxyl groups excluding tert-OH is 1. The highest BCUT2D eigenvalue weighted by Crippen LogP contribution is 2.29. The summed E-state index contributed by atoms with van der Waals surface area (Å²) in [7, 11) is 1.38. The van der Waals surface area contributed by atoms with Gasteiger partial charge in [-0.25, -0.2) is 4.79 Å². The van der Waals surface area contributed by atoms with E-state index >= 15 is 0 Å². The molecule has 1 N–H and O–H groups in total. The third-order valence-corrected chi connectivity index (χ3v) is 2.11. The highest BCUT2D eigenvalue weighted by Gasteiger charge is 2.22. The summed E-state index contributed by atoms with van der Waals surface area (Å²) in [5.74, 6) is -0.797. The van der Waals surface area contributed by atoms with Crippen LogP contribution in [0.3, 0.4) is 0 Å². The van der Waals surface area contributed by atoms with Gasteiger partial charge >= 0.3 is 12.3 Å². The number of methoxy groups -OCH3 is 1. The van der Waals surface area contributed by atoms with Gasteiger partial charge in [-0.1, -0.05) is 6.07 Å². The van der Waals surface area contributed by atoms with Crippen LogP contribution in [0.25, 0.3) is 0 Å². The average Bonchev–Trinajstić information content (AvgIpc) is 2.39. The van der Waals surface area contributed by atoms with Crippen molar-refractivity contribution in [2.45, 2.75) is 19.9 Å². The van der Waals surface area contributed by atoms with Gasteiger partial charge in [-0.3, -0.25) is 0 Å². The maximum atomic E-state index is 13.4. The first kappa shape index (κ1) is 14.2. The molecule has 0 fully saturated rings. The van der Waals surface area contributed by atoms with Crippen molar-refractivity contribution in [3.05, 3.63) is 23.8 Å². The lowest BCUT2D eigenvalue weighted by Gasteiger charge is -2.13. The minimum atomic E-state index is -2.21. The van der Waals surface area contributed by atoms with E-state index in [0.717, 1.165) is 0 Å². The summed E-state index contributed by atoms with van der Waals surface area (Å²) in [5, 5.41) is 8.94. The summed E-state index contributed by atoms with van der Waals surface area (Å²) < 4.78 is 27.6. The van der Waals surface area contributed by atoms with Crippen molar-refractivity contribution in [2.75, 3.05) is 13.7 Å². The van der Waals surface area contributed by atoms with Crippen LogP contribution in [0.1, 0.15) is 12.5 Å². The first-order valence-corrected chi connectivity index (χ1v) is 5.37. The van der Waals surface area contributed by atoms with Crippen molar-refractivity contribution >= 4 is 5.97 Å². The number of hydrogen-bond donors (Lipinski definition) is 1. The quantitative estimate of drug-likeness (QED) is 0.782. The zero-order valence-corrected chi connectivity index (χ0v) is 10.2. The lowest BCUT2D eigenvalue weighted by atomic mass is 10.2. The van der Waals surface area contributed by atoms with E-state index < -0.39 is 12.3 Å². The Balaban J connectivity index is 2.80. The minimum Gasteiger partial charge on any atom is -0.493 e. The molecule has 1 rings (SSSR count). The summed E-state index contributed by atoms with van der Waals surface area (Å²) in [4.78, 5) is 11.1. The minimum absolute atomic E-state index is 0.0650. The first-order chi connectivity index (χ1) is 8.62. The molecule has 1 aromatic carbocycles. The second kappa shape index (κ2) is 6.80. The first-order valence-electron chi connectivity index (χ1n) is 5.37. The van der Waals surface area contributed by atoms with Gasteiger partial charge in [-0.05, 0) is 24.6 Å². The van der Waals surface area contributed by atoms with Crippen LogP contribution in [0.15, 0.2) is 18.2 Å². The number of esters is 1. The molecule has 1 unspecified atom stereocenters. The molecule has 0 radical (unpaired) electrons. The molecule has 6 heteroatoms. The molecule has 100 valence electrons. The van der Waals surface area contributed by atoms with Crippen molar-refractivity contribution in [3.8, 4) is 11.5 Å². The van der Waals surface area contributed by atoms with E-state index in [4.69, 9.17) is 14.6 Å². The lowest BCUT2D eigenvalue weighted by Crippen LogP contribution is -2.24. The molecule has 0 aromatic heterocycles. The molecule has 0 heterocycles. The van der Waals surface area contributed by atoms with Crippen LogP contribution in [0, 0.1) is 0 Å². The average molecular weight is 258 g/mol. The molecule has 1 atom stereocenters. The predicted molar refractivity (Wildman–Crippen MR) is 61.1 cm³/mol. The van der Waals surface area contributed by atoms with E-state index in [-0.39, 0.29) is 24.7 Å². The summed E-state index contributed by atoms with van der Waals surface area (Å²) in [6.45, 7) is 1.47. The van der Waals surface area contributed by atoms with Crippen molar-refractivity contribution in [1.82, 2.24) is 0 Å². The van der Waals surface area contributed by atoms with Crippen LogP contribution >= 0.6 is 0 Å². The van der Waals surface area contributed by atoms with Crippen LogP contribution in [0.4, 0.5) is 4.39 Å². The molecule has 1 aromatic rings. The van der Waals surface area contributed by atoms with E-state index in [1.807, 2.05) is 0 Å². The number of ether oxygens (including phenoxy) is 3. The Bertz CT molecular complexity index is 407. The van der Waals surface area contributed by atoms with Crippen LogP contribution in [-0.2, 0) is 16.1 Å². The molecule has 0 bridgehead atoms. The second-order valence-electron chi connectivity index (χ2n) is 3.33. The van der Waals surface area contributed by atoms with Crippen molar-refractivity contribution in [2.24, 2.45) is 0 Å². The fourth-order valence-electron chi connectivity index (χ4n) is 1.28. The Morgan fingerprint density at radius 1 is 1.44 bits per heavy atom. The molecule has 0 saturated carbocycles. The number of hydrogen-bond acceptors (Lipinski definition) is 5. The van der Waals surface area contributed by atoms with Gasteiger partial charge in [-0.15, -0.1) is 0 Å². The van der Waals surface area contributed by atoms with E-state index in [1.54, 1.807) is 6.92 Å². The molecule has 0 aliphatic carbocycles. The lowest BCUT2D eigenvalue weighted by molar-refractivity contribution is -0.159. The summed E-state index contributed by atoms with van der Waals surface area (Å²) >= 11 is 0. The Labute approximate surface area is 104 Å². The summed E-state index contributed by atoms with van der Waals surface area (Å²) in [6, 6.07) is 4.44. The number of rotatable bonds is 6. The summed E-state index contributed by atoms with van der Waals surface area (Å²) in [5.41, 5.74) is 0.589. The molecule has 18 heavy (non-hydrogen) atoms. The Morgan fingerprint density at radius 2 is 2.17 bits per heavy atom. The van der Waals surface area contributed by atoms with Gasteiger partial charge in [0.15, 0.2) is 11.5 Å². The monoisotopic (exact) mass is 258 g/mol. The van der Waals surface area contributed by atoms with Crippen LogP contribution in [0.2, 0.25) is 0 Å². The van der Waals surface area contributed by atoms with Crippen LogP contribution in [0.5, 0.6) is 11.5 Å². The SMILES string of the molecule is CCOC(=O)C(F)Oc1ccc(CO)cc1OC. The molecule has 0 spiro atoms. The normalized spacial score (nSPS) is 11.8. The molecule has 0 aliphatic rings. The molecular formula is C12H15FO5. The Kier molecular flexibility index (Phi) is 5.38. The van der Waals surface area contributed by atoms with E-state index in [9.17, 15) is 9.18 Å². The molecule has 0 amide bonds. The van der Waals surface area contributed by atoms with E-state index in [0.29, 0.717) is 5.56 Å². The molecule has 0 saturated heterocycles. The number of halogens is 1. The van der Waals surface area contributed by atoms with Crippen molar-refractivity contribution < 1.29 is 28.5 Å². The highest BCUT2D eigenvalue weighted by atomic mass is 19.1. The van der Waals surface area contributed by atoms with Gasteiger partial charge in [0, 0.05) is 0 Å². The second-order valence-corrected chi connectivity index (χ2v) is 3.33. The molecular weight excluding hydrogens is 243 g/mol. The van der Waals surface area contributed by atoms with Gasteiger partial charge < -0.3 is 19.3 Å². The third-order valence-electron chi connectivity index (χ3n) is 2.11. The molecule has 5 nitrogen and oxygen atoms in total. The maximum absolute atomic E-state index is 13.4. The predicted octanol–water partition coefficient (Wildman–Crippen LogP) is 1.42. The van der Waals surface area contributed by atoms with Crippen molar-refractivity contribution in [3.63, 3.8) is 0 Å².